The summed E-state index contributed by atoms with van der Waals surface area (Å²) in [5, 5.41) is 6.55. The molecule has 3 rings (SSSR count). The van der Waals surface area contributed by atoms with Gasteiger partial charge in [0.1, 0.15) is 0 Å². The van der Waals surface area contributed by atoms with E-state index in [4.69, 9.17) is 0 Å². The third-order valence-electron chi connectivity index (χ3n) is 5.86. The van der Waals surface area contributed by atoms with E-state index >= 15 is 0 Å². The van der Waals surface area contributed by atoms with Gasteiger partial charge in [0.25, 0.3) is 0 Å². The lowest BCUT2D eigenvalue weighted by atomic mass is 9.67. The van der Waals surface area contributed by atoms with Crippen molar-refractivity contribution in [3.63, 3.8) is 0 Å². The number of hydrogen-bond donors (Lipinski definition) is 2. The van der Waals surface area contributed by atoms with E-state index in [0.717, 1.165) is 37.8 Å². The van der Waals surface area contributed by atoms with Crippen LogP contribution in [-0.4, -0.2) is 25.0 Å². The molecular formula is C16H28N2O. The Bertz CT molecular complexity index is 324. The van der Waals surface area contributed by atoms with Gasteiger partial charge in [-0.2, -0.15) is 0 Å². The van der Waals surface area contributed by atoms with Crippen LogP contribution in [0.25, 0.3) is 0 Å². The largest absolute Gasteiger partial charge is 0.354 e. The number of hydrogen-bond acceptors (Lipinski definition) is 2. The number of carbonyl (C=O) groups excluding carboxylic acids is 1. The summed E-state index contributed by atoms with van der Waals surface area (Å²) < 4.78 is 0. The average Bonchev–Trinajstić information content (AvgIpc) is 3.06. The second kappa shape index (κ2) is 5.43. The van der Waals surface area contributed by atoms with Crippen LogP contribution in [0, 0.1) is 17.3 Å². The van der Waals surface area contributed by atoms with Gasteiger partial charge in [-0.3, -0.25) is 4.79 Å². The zero-order valence-corrected chi connectivity index (χ0v) is 12.2. The van der Waals surface area contributed by atoms with E-state index in [0.29, 0.717) is 5.41 Å². The van der Waals surface area contributed by atoms with E-state index < -0.39 is 0 Å². The Morgan fingerprint density at radius 2 is 2.00 bits per heavy atom. The molecule has 2 bridgehead atoms. The van der Waals surface area contributed by atoms with Crippen LogP contribution < -0.4 is 10.6 Å². The van der Waals surface area contributed by atoms with Crippen LogP contribution in [0.2, 0.25) is 0 Å². The molecule has 0 aromatic carbocycles. The molecule has 3 atom stereocenters. The lowest BCUT2D eigenvalue weighted by molar-refractivity contribution is -0.123. The van der Waals surface area contributed by atoms with Crippen LogP contribution in [0.4, 0.5) is 0 Å². The molecule has 1 saturated heterocycles. The zero-order chi connectivity index (χ0) is 13.3. The van der Waals surface area contributed by atoms with Gasteiger partial charge in [0.05, 0.1) is 6.04 Å². The fourth-order valence-corrected chi connectivity index (χ4v) is 4.72. The summed E-state index contributed by atoms with van der Waals surface area (Å²) in [5.74, 6) is 2.13. The predicted octanol–water partition coefficient (Wildman–Crippen LogP) is 2.46. The fraction of sp³-hybridized carbons (Fsp3) is 0.938. The molecule has 1 amide bonds. The van der Waals surface area contributed by atoms with Crippen molar-refractivity contribution in [2.75, 3.05) is 13.1 Å². The van der Waals surface area contributed by atoms with Gasteiger partial charge in [-0.15, -0.1) is 0 Å². The summed E-state index contributed by atoms with van der Waals surface area (Å²) >= 11 is 0. The lowest BCUT2D eigenvalue weighted by Crippen LogP contribution is -2.46. The van der Waals surface area contributed by atoms with Gasteiger partial charge in [0.2, 0.25) is 5.91 Å². The van der Waals surface area contributed by atoms with E-state index in [9.17, 15) is 4.79 Å². The van der Waals surface area contributed by atoms with Crippen molar-refractivity contribution in [2.24, 2.45) is 17.3 Å². The Labute approximate surface area is 116 Å². The predicted molar refractivity (Wildman–Crippen MR) is 76.8 cm³/mol. The highest BCUT2D eigenvalue weighted by atomic mass is 16.2. The fourth-order valence-electron chi connectivity index (χ4n) is 4.72. The maximum Gasteiger partial charge on any atom is 0.237 e. The van der Waals surface area contributed by atoms with E-state index in [1.807, 2.05) is 0 Å². The molecule has 2 aliphatic carbocycles. The number of rotatable bonds is 4. The maximum absolute atomic E-state index is 12.2. The summed E-state index contributed by atoms with van der Waals surface area (Å²) in [6.07, 6.45) is 10.4. The van der Waals surface area contributed by atoms with Crippen LogP contribution >= 0.6 is 0 Å². The summed E-state index contributed by atoms with van der Waals surface area (Å²) in [7, 11) is 0. The minimum absolute atomic E-state index is 0.0780. The average molecular weight is 264 g/mol. The molecule has 3 heteroatoms. The molecule has 1 aliphatic heterocycles. The van der Waals surface area contributed by atoms with Crippen molar-refractivity contribution in [1.82, 2.24) is 10.6 Å². The molecule has 1 heterocycles. The standard InChI is InChI=1S/C16H28N2O/c1-2-16(9-12-5-6-13(8-12)10-16)11-18-15(19)14-4-3-7-17-14/h12-14,17H,2-11H2,1H3,(H,18,19)/t12?,13?,14-,16?/m1/s1. The molecule has 0 aromatic rings. The molecule has 3 aliphatic rings. The molecule has 0 radical (unpaired) electrons. The second-order valence-corrected chi connectivity index (χ2v) is 7.17. The molecule has 2 N–H and O–H groups in total. The third kappa shape index (κ3) is 2.81. The minimum atomic E-state index is 0.0780. The van der Waals surface area contributed by atoms with Crippen molar-refractivity contribution in [3.8, 4) is 0 Å². The SMILES string of the molecule is CCC1(CNC(=O)[C@H]2CCCN2)CC2CCC(C2)C1. The Hall–Kier alpha value is -0.570. The summed E-state index contributed by atoms with van der Waals surface area (Å²) in [6.45, 7) is 4.22. The first-order valence-corrected chi connectivity index (χ1v) is 8.22. The van der Waals surface area contributed by atoms with Crippen LogP contribution in [0.3, 0.4) is 0 Å². The molecular weight excluding hydrogens is 236 g/mol. The number of carbonyl (C=O) groups is 1. The van der Waals surface area contributed by atoms with Gasteiger partial charge in [-0.05, 0) is 62.3 Å². The van der Waals surface area contributed by atoms with Crippen LogP contribution in [-0.2, 0) is 4.79 Å². The van der Waals surface area contributed by atoms with Gasteiger partial charge in [0, 0.05) is 6.54 Å². The highest BCUT2D eigenvalue weighted by Crippen LogP contribution is 2.51. The minimum Gasteiger partial charge on any atom is -0.354 e. The summed E-state index contributed by atoms with van der Waals surface area (Å²) in [5.41, 5.74) is 0.401. The molecule has 2 unspecified atom stereocenters. The van der Waals surface area contributed by atoms with Crippen LogP contribution in [0.15, 0.2) is 0 Å². The van der Waals surface area contributed by atoms with Gasteiger partial charge < -0.3 is 10.6 Å². The molecule has 2 saturated carbocycles. The first kappa shape index (κ1) is 13.4. The lowest BCUT2D eigenvalue weighted by Gasteiger charge is -2.40. The molecule has 108 valence electrons. The Balaban J connectivity index is 1.56. The number of fused-ring (bicyclic) bond motifs is 2. The van der Waals surface area contributed by atoms with E-state index in [2.05, 4.69) is 17.6 Å². The van der Waals surface area contributed by atoms with Crippen molar-refractivity contribution in [2.45, 2.75) is 64.3 Å². The van der Waals surface area contributed by atoms with Gasteiger partial charge in [-0.25, -0.2) is 0 Å². The van der Waals surface area contributed by atoms with Gasteiger partial charge >= 0.3 is 0 Å². The first-order valence-electron chi connectivity index (χ1n) is 8.22. The van der Waals surface area contributed by atoms with Crippen molar-refractivity contribution in [1.29, 1.82) is 0 Å². The molecule has 3 nitrogen and oxygen atoms in total. The van der Waals surface area contributed by atoms with Crippen molar-refractivity contribution >= 4 is 5.91 Å². The van der Waals surface area contributed by atoms with Gasteiger partial charge in [-0.1, -0.05) is 19.8 Å². The molecule has 19 heavy (non-hydrogen) atoms. The Morgan fingerprint density at radius 3 is 2.58 bits per heavy atom. The van der Waals surface area contributed by atoms with Crippen molar-refractivity contribution in [3.05, 3.63) is 0 Å². The molecule has 0 aromatic heterocycles. The monoisotopic (exact) mass is 264 g/mol. The topological polar surface area (TPSA) is 41.1 Å². The Kier molecular flexibility index (Phi) is 3.84. The highest BCUT2D eigenvalue weighted by molar-refractivity contribution is 5.82. The normalized spacial score (nSPS) is 41.4. The zero-order valence-electron chi connectivity index (χ0n) is 12.2. The highest BCUT2D eigenvalue weighted by Gasteiger charge is 2.43. The summed E-state index contributed by atoms with van der Waals surface area (Å²) in [4.78, 5) is 12.2. The number of nitrogens with one attached hydrogen (secondary N) is 2. The summed E-state index contributed by atoms with van der Waals surface area (Å²) in [6, 6.07) is 0.0780. The van der Waals surface area contributed by atoms with E-state index in [1.165, 1.54) is 38.5 Å². The first-order chi connectivity index (χ1) is 9.21. The molecule has 3 fully saturated rings. The van der Waals surface area contributed by atoms with Gasteiger partial charge in [0.15, 0.2) is 0 Å². The maximum atomic E-state index is 12.2. The smallest absolute Gasteiger partial charge is 0.237 e. The quantitative estimate of drug-likeness (QED) is 0.819. The third-order valence-corrected chi connectivity index (χ3v) is 5.86. The second-order valence-electron chi connectivity index (χ2n) is 7.17. The molecule has 0 spiro atoms. The number of amides is 1. The van der Waals surface area contributed by atoms with Crippen LogP contribution in [0.5, 0.6) is 0 Å². The van der Waals surface area contributed by atoms with E-state index in [-0.39, 0.29) is 11.9 Å². The van der Waals surface area contributed by atoms with Crippen molar-refractivity contribution < 1.29 is 4.79 Å². The van der Waals surface area contributed by atoms with Crippen LogP contribution in [0.1, 0.15) is 58.3 Å². The Morgan fingerprint density at radius 1 is 1.26 bits per heavy atom. The van der Waals surface area contributed by atoms with E-state index in [1.54, 1.807) is 0 Å².